The number of hydrogen-bond acceptors (Lipinski definition) is 9. The number of anilines is 1. The molecule has 11 heteroatoms. The molecule has 0 radical (unpaired) electrons. The molecule has 1 atom stereocenters. The number of methoxy groups -OCH3 is 4. The molecule has 10 nitrogen and oxygen atoms in total. The van der Waals surface area contributed by atoms with Gasteiger partial charge in [0.25, 0.3) is 0 Å². The summed E-state index contributed by atoms with van der Waals surface area (Å²) < 4.78 is 46.6. The smallest absolute Gasteiger partial charge is 0.243 e. The fraction of sp³-hybridized carbons (Fsp3) is 0.318. The van der Waals surface area contributed by atoms with Crippen LogP contribution in [0.5, 0.6) is 23.0 Å². The number of hydrogen-bond donors (Lipinski definition) is 3. The van der Waals surface area contributed by atoms with Crippen LogP contribution in [0.25, 0.3) is 6.08 Å². The van der Waals surface area contributed by atoms with Crippen molar-refractivity contribution in [2.75, 3.05) is 40.4 Å². The van der Waals surface area contributed by atoms with Crippen molar-refractivity contribution in [1.82, 2.24) is 0 Å². The number of amides is 1. The summed E-state index contributed by atoms with van der Waals surface area (Å²) in [6.45, 7) is -0.536. The zero-order valence-corrected chi connectivity index (χ0v) is 19.6. The van der Waals surface area contributed by atoms with Gasteiger partial charge in [0, 0.05) is 17.5 Å². The molecule has 0 aliphatic rings. The first kappa shape index (κ1) is 26.0. The van der Waals surface area contributed by atoms with Crippen molar-refractivity contribution in [1.29, 1.82) is 0 Å². The van der Waals surface area contributed by atoms with E-state index in [1.165, 1.54) is 46.6 Å². The largest absolute Gasteiger partial charge is 0.496 e. The Kier molecular flexibility index (Phi) is 9.09. The van der Waals surface area contributed by atoms with E-state index in [1.807, 2.05) is 0 Å². The van der Waals surface area contributed by atoms with Gasteiger partial charge in [0.2, 0.25) is 5.91 Å². The second kappa shape index (κ2) is 11.5. The summed E-state index contributed by atoms with van der Waals surface area (Å²) in [6.07, 6.45) is 1.39. The van der Waals surface area contributed by atoms with E-state index in [-0.39, 0.29) is 11.4 Å². The summed E-state index contributed by atoms with van der Waals surface area (Å²) in [5.41, 5.74) is 6.60. The summed E-state index contributed by atoms with van der Waals surface area (Å²) >= 11 is 0. The van der Waals surface area contributed by atoms with Gasteiger partial charge in [-0.25, -0.2) is 8.42 Å². The lowest BCUT2D eigenvalue weighted by Gasteiger charge is -2.14. The maximum absolute atomic E-state index is 12.8. The fourth-order valence-corrected chi connectivity index (χ4v) is 3.98. The van der Waals surface area contributed by atoms with Crippen LogP contribution >= 0.6 is 0 Å². The van der Waals surface area contributed by atoms with Crippen molar-refractivity contribution in [2.45, 2.75) is 11.8 Å². The van der Waals surface area contributed by atoms with E-state index >= 15 is 0 Å². The van der Waals surface area contributed by atoms with E-state index in [1.54, 1.807) is 18.2 Å². The molecule has 0 saturated carbocycles. The van der Waals surface area contributed by atoms with Crippen molar-refractivity contribution in [3.05, 3.63) is 46.9 Å². The predicted molar refractivity (Wildman–Crippen MR) is 124 cm³/mol. The van der Waals surface area contributed by atoms with Crippen LogP contribution in [0.1, 0.15) is 11.1 Å². The number of nitrogens with two attached hydrogens (primary N) is 1. The standard InChI is InChI=1S/C22H28N2O8S/c1-29-15-10-20(31-3)16(21(11-15)32-4)7-8-33(27,28)13-14-5-6-19(30-2)18(9-14)24-22(26)17(23)12-25/h5-11,17,25H,12-13,23H2,1-4H3,(H,24,26)/b8-7+/t17-/m0/s1. The van der Waals surface area contributed by atoms with Crippen LogP contribution in [0.15, 0.2) is 35.7 Å². The van der Waals surface area contributed by atoms with Gasteiger partial charge in [-0.3, -0.25) is 4.79 Å². The molecule has 1 amide bonds. The molecular weight excluding hydrogens is 452 g/mol. The maximum Gasteiger partial charge on any atom is 0.243 e. The SMILES string of the molecule is COc1cc(OC)c(/C=C/S(=O)(=O)Cc2ccc(OC)c(NC(=O)[C@@H](N)CO)c2)c(OC)c1. The van der Waals surface area contributed by atoms with Gasteiger partial charge in [-0.05, 0) is 23.8 Å². The third-order valence-electron chi connectivity index (χ3n) is 4.62. The van der Waals surface area contributed by atoms with Crippen LogP contribution in [0.4, 0.5) is 5.69 Å². The summed E-state index contributed by atoms with van der Waals surface area (Å²) in [4.78, 5) is 12.0. The molecule has 2 aromatic carbocycles. The highest BCUT2D eigenvalue weighted by Crippen LogP contribution is 2.35. The second-order valence-corrected chi connectivity index (χ2v) is 8.76. The first-order chi connectivity index (χ1) is 15.7. The van der Waals surface area contributed by atoms with E-state index in [0.29, 0.717) is 34.1 Å². The third-order valence-corrected chi connectivity index (χ3v) is 5.90. The molecule has 4 N–H and O–H groups in total. The van der Waals surface area contributed by atoms with E-state index in [2.05, 4.69) is 5.32 Å². The Morgan fingerprint density at radius 3 is 2.15 bits per heavy atom. The Labute approximate surface area is 192 Å². The maximum atomic E-state index is 12.8. The Morgan fingerprint density at radius 1 is 1.03 bits per heavy atom. The van der Waals surface area contributed by atoms with Gasteiger partial charge in [0.1, 0.15) is 29.0 Å². The Morgan fingerprint density at radius 2 is 1.64 bits per heavy atom. The van der Waals surface area contributed by atoms with Gasteiger partial charge in [0.05, 0.1) is 52.0 Å². The summed E-state index contributed by atoms with van der Waals surface area (Å²) in [6, 6.07) is 6.68. The minimum atomic E-state index is -3.73. The number of aliphatic hydroxyl groups is 1. The molecule has 0 aliphatic carbocycles. The molecular formula is C22H28N2O8S. The topological polar surface area (TPSA) is 146 Å². The summed E-state index contributed by atoms with van der Waals surface area (Å²) in [5.74, 6) is 0.604. The number of sulfone groups is 1. The predicted octanol–water partition coefficient (Wildman–Crippen LogP) is 1.56. The zero-order valence-electron chi connectivity index (χ0n) is 18.8. The Hall–Kier alpha value is -3.28. The molecule has 0 unspecified atom stereocenters. The molecule has 0 aromatic heterocycles. The second-order valence-electron chi connectivity index (χ2n) is 6.87. The number of rotatable bonds is 11. The number of ether oxygens (including phenoxy) is 4. The lowest BCUT2D eigenvalue weighted by Crippen LogP contribution is -2.38. The molecule has 0 fully saturated rings. The molecule has 2 rings (SSSR count). The molecule has 0 spiro atoms. The van der Waals surface area contributed by atoms with Gasteiger partial charge >= 0.3 is 0 Å². The quantitative estimate of drug-likeness (QED) is 0.436. The first-order valence-electron chi connectivity index (χ1n) is 9.73. The van der Waals surface area contributed by atoms with Gasteiger partial charge in [-0.1, -0.05) is 6.07 Å². The van der Waals surface area contributed by atoms with E-state index in [4.69, 9.17) is 29.8 Å². The third kappa shape index (κ3) is 6.85. The van der Waals surface area contributed by atoms with Gasteiger partial charge in [-0.15, -0.1) is 0 Å². The average Bonchev–Trinajstić information content (AvgIpc) is 2.81. The monoisotopic (exact) mass is 480 g/mol. The fourth-order valence-electron chi connectivity index (χ4n) is 2.90. The van der Waals surface area contributed by atoms with Gasteiger partial charge < -0.3 is 35.1 Å². The summed E-state index contributed by atoms with van der Waals surface area (Å²) in [7, 11) is 2.09. The lowest BCUT2D eigenvalue weighted by atomic mass is 10.1. The number of benzene rings is 2. The first-order valence-corrected chi connectivity index (χ1v) is 11.4. The molecule has 0 saturated heterocycles. The highest BCUT2D eigenvalue weighted by molar-refractivity contribution is 7.93. The van der Waals surface area contributed by atoms with E-state index < -0.39 is 28.4 Å². The van der Waals surface area contributed by atoms with Crippen LogP contribution < -0.4 is 30.0 Å². The van der Waals surface area contributed by atoms with Gasteiger partial charge in [-0.2, -0.15) is 0 Å². The minimum Gasteiger partial charge on any atom is -0.496 e. The van der Waals surface area contributed by atoms with Crippen molar-refractivity contribution in [3.63, 3.8) is 0 Å². The van der Waals surface area contributed by atoms with E-state index in [9.17, 15) is 13.2 Å². The van der Waals surface area contributed by atoms with Crippen LogP contribution in [0.3, 0.4) is 0 Å². The number of carbonyl (C=O) groups excluding carboxylic acids is 1. The lowest BCUT2D eigenvalue weighted by molar-refractivity contribution is -0.118. The van der Waals surface area contributed by atoms with Crippen molar-refractivity contribution in [3.8, 4) is 23.0 Å². The molecule has 0 aliphatic heterocycles. The van der Waals surface area contributed by atoms with Crippen molar-refractivity contribution >= 4 is 27.5 Å². The number of nitrogens with one attached hydrogen (secondary N) is 1. The number of aliphatic hydroxyl groups excluding tert-OH is 1. The van der Waals surface area contributed by atoms with E-state index in [0.717, 1.165) is 5.41 Å². The molecule has 0 bridgehead atoms. The van der Waals surface area contributed by atoms with Gasteiger partial charge in [0.15, 0.2) is 9.84 Å². The summed E-state index contributed by atoms with van der Waals surface area (Å²) in [5, 5.41) is 12.6. The Bertz CT molecular complexity index is 1090. The molecule has 0 heterocycles. The molecule has 2 aromatic rings. The van der Waals surface area contributed by atoms with Crippen molar-refractivity contribution < 1.29 is 37.3 Å². The Balaban J connectivity index is 2.32. The van der Waals surface area contributed by atoms with Crippen molar-refractivity contribution in [2.24, 2.45) is 5.73 Å². The number of carbonyl (C=O) groups is 1. The highest BCUT2D eigenvalue weighted by Gasteiger charge is 2.17. The van der Waals surface area contributed by atoms with Crippen LogP contribution in [0, 0.1) is 0 Å². The normalized spacial score (nSPS) is 12.3. The average molecular weight is 481 g/mol. The highest BCUT2D eigenvalue weighted by atomic mass is 32.2. The zero-order chi connectivity index (χ0) is 24.6. The molecule has 180 valence electrons. The minimum absolute atomic E-state index is 0.238. The van der Waals surface area contributed by atoms with Crippen LogP contribution in [-0.2, 0) is 20.4 Å². The van der Waals surface area contributed by atoms with Crippen LogP contribution in [0.2, 0.25) is 0 Å². The van der Waals surface area contributed by atoms with Crippen LogP contribution in [-0.4, -0.2) is 60.5 Å². The molecule has 33 heavy (non-hydrogen) atoms.